The molecular formula is C23H22Cl2N4O2. The van der Waals surface area contributed by atoms with Gasteiger partial charge < -0.3 is 15.2 Å². The summed E-state index contributed by atoms with van der Waals surface area (Å²) in [4.78, 5) is 35.1. The minimum absolute atomic E-state index is 0.00100. The quantitative estimate of drug-likeness (QED) is 0.532. The first-order valence-electron chi connectivity index (χ1n) is 10.0. The molecule has 4 rings (SSSR count). The van der Waals surface area contributed by atoms with Crippen LogP contribution in [0.5, 0.6) is 0 Å². The molecule has 2 amide bonds. The van der Waals surface area contributed by atoms with E-state index in [0.717, 1.165) is 11.0 Å². The number of benzene rings is 2. The molecule has 0 saturated carbocycles. The van der Waals surface area contributed by atoms with Crippen molar-refractivity contribution >= 4 is 46.0 Å². The number of carbonyl (C=O) groups excluding carboxylic acids is 2. The summed E-state index contributed by atoms with van der Waals surface area (Å²) in [5, 5.41) is 3.75. The molecule has 3 aromatic rings. The summed E-state index contributed by atoms with van der Waals surface area (Å²) in [5.74, 6) is 0.153. The highest BCUT2D eigenvalue weighted by molar-refractivity contribution is 6.34. The molecule has 0 radical (unpaired) electrons. The molecule has 8 heteroatoms. The molecule has 1 aromatic heterocycles. The summed E-state index contributed by atoms with van der Waals surface area (Å²) in [6.45, 7) is 5.75. The van der Waals surface area contributed by atoms with Gasteiger partial charge >= 0.3 is 0 Å². The fourth-order valence-corrected chi connectivity index (χ4v) is 4.20. The van der Waals surface area contributed by atoms with E-state index in [1.165, 1.54) is 6.07 Å². The lowest BCUT2D eigenvalue weighted by atomic mass is 10.1. The van der Waals surface area contributed by atoms with Crippen LogP contribution in [0.25, 0.3) is 11.0 Å². The third-order valence-corrected chi connectivity index (χ3v) is 6.01. The molecule has 2 heterocycles. The summed E-state index contributed by atoms with van der Waals surface area (Å²) in [7, 11) is 0. The van der Waals surface area contributed by atoms with Crippen LogP contribution in [0, 0.1) is 0 Å². The maximum absolute atomic E-state index is 12.9. The van der Waals surface area contributed by atoms with E-state index in [9.17, 15) is 9.59 Å². The van der Waals surface area contributed by atoms with Gasteiger partial charge in [-0.3, -0.25) is 9.59 Å². The maximum Gasteiger partial charge on any atom is 0.256 e. The summed E-state index contributed by atoms with van der Waals surface area (Å²) in [6, 6.07) is 9.75. The van der Waals surface area contributed by atoms with E-state index in [1.807, 2.05) is 39.0 Å². The number of hydrogen-bond acceptors (Lipinski definition) is 3. The van der Waals surface area contributed by atoms with Gasteiger partial charge in [-0.2, -0.15) is 0 Å². The number of carbonyl (C=O) groups is 2. The lowest BCUT2D eigenvalue weighted by Gasteiger charge is -2.27. The Morgan fingerprint density at radius 1 is 1.10 bits per heavy atom. The lowest BCUT2D eigenvalue weighted by molar-refractivity contribution is 0.0709. The van der Waals surface area contributed by atoms with E-state index >= 15 is 0 Å². The average Bonchev–Trinajstić information content (AvgIpc) is 3.29. The zero-order valence-corrected chi connectivity index (χ0v) is 18.8. The van der Waals surface area contributed by atoms with Gasteiger partial charge in [-0.15, -0.1) is 0 Å². The topological polar surface area (TPSA) is 78.1 Å². The molecular weight excluding hydrogens is 435 g/mol. The number of nitrogens with one attached hydrogen (secondary N) is 2. The van der Waals surface area contributed by atoms with Gasteiger partial charge in [-0.1, -0.05) is 35.4 Å². The number of halogens is 2. The molecule has 0 aliphatic carbocycles. The number of fused-ring (bicyclic) bond motifs is 1. The highest BCUT2D eigenvalue weighted by atomic mass is 35.5. The third-order valence-electron chi connectivity index (χ3n) is 5.46. The Morgan fingerprint density at radius 3 is 2.48 bits per heavy atom. The number of hydrogen-bond donors (Lipinski definition) is 2. The Balaban J connectivity index is 1.49. The number of imidazole rings is 1. The maximum atomic E-state index is 12.9. The Hall–Kier alpha value is -2.83. The molecule has 3 unspecified atom stereocenters. The van der Waals surface area contributed by atoms with Gasteiger partial charge in [0.1, 0.15) is 5.82 Å². The van der Waals surface area contributed by atoms with E-state index in [1.54, 1.807) is 29.2 Å². The van der Waals surface area contributed by atoms with Gasteiger partial charge in [-0.25, -0.2) is 4.98 Å². The van der Waals surface area contributed by atoms with Crippen molar-refractivity contribution in [1.82, 2.24) is 20.2 Å². The molecule has 2 aromatic carbocycles. The van der Waals surface area contributed by atoms with Crippen LogP contribution in [0.1, 0.15) is 53.4 Å². The molecule has 0 spiro atoms. The molecule has 1 aliphatic rings. The lowest BCUT2D eigenvalue weighted by Crippen LogP contribution is -2.39. The van der Waals surface area contributed by atoms with Gasteiger partial charge in [0.2, 0.25) is 0 Å². The number of aromatic nitrogens is 2. The molecule has 6 nitrogen and oxygen atoms in total. The zero-order valence-electron chi connectivity index (χ0n) is 17.3. The predicted molar refractivity (Wildman–Crippen MR) is 123 cm³/mol. The Bertz CT molecular complexity index is 1190. The van der Waals surface area contributed by atoms with Crippen LogP contribution in [-0.4, -0.2) is 38.8 Å². The van der Waals surface area contributed by atoms with Crippen LogP contribution in [0.2, 0.25) is 10.0 Å². The van der Waals surface area contributed by atoms with Crippen molar-refractivity contribution in [2.75, 3.05) is 0 Å². The fourth-order valence-electron chi connectivity index (χ4n) is 3.77. The third kappa shape index (κ3) is 4.18. The van der Waals surface area contributed by atoms with Gasteiger partial charge in [-0.05, 0) is 57.2 Å². The summed E-state index contributed by atoms with van der Waals surface area (Å²) in [5.41, 5.74) is 2.32. The number of nitrogens with zero attached hydrogens (tertiary/aromatic N) is 2. The first kappa shape index (κ1) is 21.4. The molecule has 1 aliphatic heterocycles. The largest absolute Gasteiger partial charge is 0.342 e. The van der Waals surface area contributed by atoms with E-state index in [4.69, 9.17) is 23.2 Å². The van der Waals surface area contributed by atoms with Crippen molar-refractivity contribution in [2.45, 2.75) is 38.9 Å². The number of H-pyrrole nitrogens is 1. The van der Waals surface area contributed by atoms with Crippen molar-refractivity contribution < 1.29 is 9.59 Å². The zero-order chi connectivity index (χ0) is 22.3. The van der Waals surface area contributed by atoms with Crippen LogP contribution in [0.4, 0.5) is 0 Å². The SMILES string of the molecule is CC(NC(=O)c1ccc(C(=O)N2C(C)C=CC2C)c(Cl)c1)c1nc2cc(Cl)ccc2[nH]1. The van der Waals surface area contributed by atoms with Crippen molar-refractivity contribution in [1.29, 1.82) is 0 Å². The molecule has 3 atom stereocenters. The molecule has 160 valence electrons. The number of rotatable bonds is 4. The summed E-state index contributed by atoms with van der Waals surface area (Å²) in [6.07, 6.45) is 3.98. The second kappa shape index (κ2) is 8.36. The molecule has 0 saturated heterocycles. The van der Waals surface area contributed by atoms with E-state index in [-0.39, 0.29) is 35.0 Å². The monoisotopic (exact) mass is 456 g/mol. The highest BCUT2D eigenvalue weighted by Crippen LogP contribution is 2.25. The van der Waals surface area contributed by atoms with Crippen molar-refractivity contribution in [3.63, 3.8) is 0 Å². The highest BCUT2D eigenvalue weighted by Gasteiger charge is 2.29. The summed E-state index contributed by atoms with van der Waals surface area (Å²) < 4.78 is 0. The van der Waals surface area contributed by atoms with Crippen LogP contribution in [0.15, 0.2) is 48.6 Å². The minimum Gasteiger partial charge on any atom is -0.342 e. The minimum atomic E-state index is -0.365. The van der Waals surface area contributed by atoms with Crippen LogP contribution >= 0.6 is 23.2 Å². The molecule has 31 heavy (non-hydrogen) atoms. The van der Waals surface area contributed by atoms with E-state index in [0.29, 0.717) is 22.0 Å². The first-order valence-corrected chi connectivity index (χ1v) is 10.8. The fraction of sp³-hybridized carbons (Fsp3) is 0.261. The van der Waals surface area contributed by atoms with Crippen LogP contribution in [-0.2, 0) is 0 Å². The number of aromatic amines is 1. The van der Waals surface area contributed by atoms with Gasteiger partial charge in [0.05, 0.1) is 27.7 Å². The van der Waals surface area contributed by atoms with Gasteiger partial charge in [0, 0.05) is 22.7 Å². The second-order valence-corrected chi connectivity index (χ2v) is 8.60. The normalized spacial score (nSPS) is 19.1. The van der Waals surface area contributed by atoms with Crippen molar-refractivity contribution in [3.05, 3.63) is 75.5 Å². The average molecular weight is 457 g/mol. The van der Waals surface area contributed by atoms with Crippen LogP contribution in [0.3, 0.4) is 0 Å². The summed E-state index contributed by atoms with van der Waals surface area (Å²) >= 11 is 12.4. The number of amides is 2. The first-order chi connectivity index (χ1) is 14.7. The smallest absolute Gasteiger partial charge is 0.256 e. The predicted octanol–water partition coefficient (Wildman–Crippen LogP) is 5.15. The standard InChI is InChI=1S/C23H22Cl2N4O2/c1-12-4-5-13(2)29(12)23(31)17-8-6-15(10-18(17)25)22(30)26-14(3)21-27-19-9-7-16(24)11-20(19)28-21/h4-14H,1-3H3,(H,26,30)(H,27,28). The Labute approximate surface area is 190 Å². The van der Waals surface area contributed by atoms with Gasteiger partial charge in [0.25, 0.3) is 11.8 Å². The second-order valence-electron chi connectivity index (χ2n) is 7.75. The molecule has 0 fully saturated rings. The van der Waals surface area contributed by atoms with Crippen LogP contribution < -0.4 is 5.32 Å². The van der Waals surface area contributed by atoms with Crippen molar-refractivity contribution in [3.8, 4) is 0 Å². The van der Waals surface area contributed by atoms with E-state index < -0.39 is 0 Å². The Morgan fingerprint density at radius 2 is 1.81 bits per heavy atom. The van der Waals surface area contributed by atoms with Crippen molar-refractivity contribution in [2.24, 2.45) is 0 Å². The molecule has 0 bridgehead atoms. The van der Waals surface area contributed by atoms with E-state index in [2.05, 4.69) is 15.3 Å². The van der Waals surface area contributed by atoms with Gasteiger partial charge in [0.15, 0.2) is 0 Å². The molecule has 2 N–H and O–H groups in total. The Kier molecular flexibility index (Phi) is 5.77.